The van der Waals surface area contributed by atoms with E-state index in [-0.39, 0.29) is 18.6 Å². The second-order valence-electron chi connectivity index (χ2n) is 6.11. The summed E-state index contributed by atoms with van der Waals surface area (Å²) in [5.41, 5.74) is 0.309. The Labute approximate surface area is 133 Å². The van der Waals surface area contributed by atoms with Crippen molar-refractivity contribution in [2.24, 2.45) is 15.9 Å². The van der Waals surface area contributed by atoms with Crippen LogP contribution in [-0.2, 0) is 4.74 Å². The third-order valence-corrected chi connectivity index (χ3v) is 4.13. The molecule has 0 aliphatic carbocycles. The summed E-state index contributed by atoms with van der Waals surface area (Å²) in [6.07, 6.45) is -0.0657. The first-order valence-electron chi connectivity index (χ1n) is 7.69. The Balaban J connectivity index is 1.76. The number of guanidine groups is 2. The van der Waals surface area contributed by atoms with Crippen LogP contribution in [0.5, 0.6) is 0 Å². The lowest BCUT2D eigenvalue weighted by molar-refractivity contribution is 0.112. The number of nitrogens with zero attached hydrogens (tertiary/aromatic N) is 2. The molecule has 2 fully saturated rings. The first-order chi connectivity index (χ1) is 11.0. The van der Waals surface area contributed by atoms with Crippen LogP contribution in [0, 0.1) is 5.92 Å². The zero-order chi connectivity index (χ0) is 16.4. The van der Waals surface area contributed by atoms with Crippen molar-refractivity contribution in [1.82, 2.24) is 21.3 Å². The minimum absolute atomic E-state index is 0.0977. The summed E-state index contributed by atoms with van der Waals surface area (Å²) in [6.45, 7) is 3.12. The van der Waals surface area contributed by atoms with Gasteiger partial charge in [-0.3, -0.25) is 10.3 Å². The average Bonchev–Trinajstić information content (AvgIpc) is 3.30. The van der Waals surface area contributed by atoms with E-state index in [0.717, 1.165) is 5.57 Å². The zero-order valence-electron chi connectivity index (χ0n) is 13.2. The molecule has 2 saturated heterocycles. The number of rotatable bonds is 4. The summed E-state index contributed by atoms with van der Waals surface area (Å²) in [4.78, 5) is 8.54. The molecule has 0 aromatic carbocycles. The molecule has 3 aliphatic rings. The maximum absolute atomic E-state index is 12.7. The quantitative estimate of drug-likeness (QED) is 0.559. The van der Waals surface area contributed by atoms with Gasteiger partial charge >= 0.3 is 0 Å². The maximum atomic E-state index is 12.7. The van der Waals surface area contributed by atoms with Crippen LogP contribution in [0.2, 0.25) is 0 Å². The van der Waals surface area contributed by atoms with E-state index in [1.165, 1.54) is 0 Å². The van der Waals surface area contributed by atoms with Crippen LogP contribution >= 0.6 is 0 Å². The van der Waals surface area contributed by atoms with E-state index in [4.69, 9.17) is 4.74 Å². The van der Waals surface area contributed by atoms with Crippen molar-refractivity contribution in [2.75, 3.05) is 20.2 Å². The van der Waals surface area contributed by atoms with Gasteiger partial charge in [0.2, 0.25) is 12.4 Å². The van der Waals surface area contributed by atoms with E-state index in [2.05, 4.69) is 31.3 Å². The third-order valence-electron chi connectivity index (χ3n) is 4.13. The number of alkyl halides is 2. The molecule has 0 aromatic heterocycles. The Morgan fingerprint density at radius 2 is 2.13 bits per heavy atom. The molecule has 3 aliphatic heterocycles. The van der Waals surface area contributed by atoms with Crippen LogP contribution in [0.1, 0.15) is 19.8 Å². The van der Waals surface area contributed by atoms with E-state index in [0.29, 0.717) is 31.5 Å². The molecule has 0 spiro atoms. The smallest absolute Gasteiger partial charge is 0.239 e. The predicted molar refractivity (Wildman–Crippen MR) is 83.2 cm³/mol. The Morgan fingerprint density at radius 1 is 1.39 bits per heavy atom. The first kappa shape index (κ1) is 16.0. The standard InChI is InChI=1S/C14H22F2N6O/c1-14(9-3-8(4-10(15)16)5-18-6-9)21-12(17-2)20-13(22-14)19-11-7-23-11/h6,8,10-11,18H,3-5,7H2,1-2H3,(H3,17,19,20,21,22)/t8-,11+,14-/m1/s1. The van der Waals surface area contributed by atoms with Crippen LogP contribution in [0.25, 0.3) is 0 Å². The van der Waals surface area contributed by atoms with Crippen LogP contribution in [0.15, 0.2) is 21.8 Å². The molecule has 128 valence electrons. The molecular formula is C14H22F2N6O. The van der Waals surface area contributed by atoms with Crippen molar-refractivity contribution >= 4 is 11.9 Å². The molecule has 0 amide bonds. The fraction of sp³-hybridized carbons (Fsp3) is 0.714. The zero-order valence-corrected chi connectivity index (χ0v) is 13.2. The molecule has 9 heteroatoms. The highest BCUT2D eigenvalue weighted by atomic mass is 19.3. The van der Waals surface area contributed by atoms with Crippen molar-refractivity contribution in [3.63, 3.8) is 0 Å². The number of halogens is 2. The molecule has 0 aromatic rings. The van der Waals surface area contributed by atoms with Crippen LogP contribution in [-0.4, -0.2) is 50.4 Å². The Bertz CT molecular complexity index is 545. The van der Waals surface area contributed by atoms with Gasteiger partial charge in [-0.05, 0) is 31.0 Å². The molecular weight excluding hydrogens is 306 g/mol. The topological polar surface area (TPSA) is 85.4 Å². The number of epoxide rings is 1. The highest BCUT2D eigenvalue weighted by Gasteiger charge is 2.38. The summed E-state index contributed by atoms with van der Waals surface area (Å²) in [7, 11) is 1.67. The molecule has 4 N–H and O–H groups in total. The summed E-state index contributed by atoms with van der Waals surface area (Å²) in [5, 5.41) is 12.7. The largest absolute Gasteiger partial charge is 0.391 e. The second kappa shape index (κ2) is 6.31. The number of ether oxygens (including phenoxy) is 1. The van der Waals surface area contributed by atoms with Gasteiger partial charge in [-0.1, -0.05) is 0 Å². The van der Waals surface area contributed by atoms with Crippen LogP contribution < -0.4 is 21.3 Å². The lowest BCUT2D eigenvalue weighted by Gasteiger charge is -2.42. The molecule has 0 unspecified atom stereocenters. The Kier molecular flexibility index (Phi) is 4.38. The first-order valence-corrected chi connectivity index (χ1v) is 7.69. The number of aliphatic imine (C=N–C) groups is 2. The lowest BCUT2D eigenvalue weighted by Crippen LogP contribution is -2.71. The molecule has 3 heterocycles. The van der Waals surface area contributed by atoms with E-state index < -0.39 is 12.1 Å². The SMILES string of the molecule is CN=C1NC(=N[C@@H]2CO2)N[C@](C)(C2=CNC[C@@H](CC(F)F)C2)N1. The summed E-state index contributed by atoms with van der Waals surface area (Å²) >= 11 is 0. The maximum Gasteiger partial charge on any atom is 0.239 e. The molecule has 0 bridgehead atoms. The summed E-state index contributed by atoms with van der Waals surface area (Å²) < 4.78 is 30.5. The van der Waals surface area contributed by atoms with Crippen molar-refractivity contribution in [2.45, 2.75) is 38.1 Å². The fourth-order valence-corrected chi connectivity index (χ4v) is 2.84. The van der Waals surface area contributed by atoms with E-state index in [1.54, 1.807) is 7.05 Å². The summed E-state index contributed by atoms with van der Waals surface area (Å²) in [6, 6.07) is 0. The summed E-state index contributed by atoms with van der Waals surface area (Å²) in [5.74, 6) is 1.04. The van der Waals surface area contributed by atoms with Gasteiger partial charge in [0.25, 0.3) is 0 Å². The van der Waals surface area contributed by atoms with Gasteiger partial charge in [0.1, 0.15) is 5.66 Å². The van der Waals surface area contributed by atoms with Crippen LogP contribution in [0.3, 0.4) is 0 Å². The minimum atomic E-state index is -2.29. The van der Waals surface area contributed by atoms with Gasteiger partial charge in [0.05, 0.1) is 6.61 Å². The number of hydrogen-bond donors (Lipinski definition) is 4. The third kappa shape index (κ3) is 3.90. The molecule has 0 saturated carbocycles. The van der Waals surface area contributed by atoms with E-state index in [1.807, 2.05) is 13.1 Å². The molecule has 0 radical (unpaired) electrons. The van der Waals surface area contributed by atoms with Gasteiger partial charge in [0, 0.05) is 20.0 Å². The fourth-order valence-electron chi connectivity index (χ4n) is 2.84. The van der Waals surface area contributed by atoms with E-state index in [9.17, 15) is 8.78 Å². The number of hydrogen-bond acceptors (Lipinski definition) is 4. The van der Waals surface area contributed by atoms with Crippen molar-refractivity contribution in [1.29, 1.82) is 0 Å². The van der Waals surface area contributed by atoms with Gasteiger partial charge < -0.3 is 20.7 Å². The van der Waals surface area contributed by atoms with E-state index >= 15 is 0 Å². The molecule has 23 heavy (non-hydrogen) atoms. The van der Waals surface area contributed by atoms with Gasteiger partial charge in [0.15, 0.2) is 12.2 Å². The minimum Gasteiger partial charge on any atom is -0.391 e. The van der Waals surface area contributed by atoms with Crippen molar-refractivity contribution in [3.8, 4) is 0 Å². The highest BCUT2D eigenvalue weighted by Crippen LogP contribution is 2.28. The normalized spacial score (nSPS) is 36.8. The average molecular weight is 328 g/mol. The van der Waals surface area contributed by atoms with Crippen molar-refractivity contribution in [3.05, 3.63) is 11.8 Å². The van der Waals surface area contributed by atoms with Crippen molar-refractivity contribution < 1.29 is 13.5 Å². The Morgan fingerprint density at radius 3 is 2.78 bits per heavy atom. The lowest BCUT2D eigenvalue weighted by atomic mass is 9.87. The van der Waals surface area contributed by atoms with Gasteiger partial charge in [-0.25, -0.2) is 13.8 Å². The monoisotopic (exact) mass is 328 g/mol. The highest BCUT2D eigenvalue weighted by molar-refractivity contribution is 6.02. The molecule has 3 rings (SSSR count). The Hall–Kier alpha value is -1.90. The molecule has 7 nitrogen and oxygen atoms in total. The van der Waals surface area contributed by atoms with Crippen LogP contribution in [0.4, 0.5) is 8.78 Å². The van der Waals surface area contributed by atoms with Gasteiger partial charge in [-0.2, -0.15) is 0 Å². The second-order valence-corrected chi connectivity index (χ2v) is 6.11. The van der Waals surface area contributed by atoms with Gasteiger partial charge in [-0.15, -0.1) is 0 Å². The molecule has 3 atom stereocenters. The predicted octanol–water partition coefficient (Wildman–Crippen LogP) is 0.332. The number of nitrogens with one attached hydrogen (secondary N) is 4.